The van der Waals surface area contributed by atoms with Gasteiger partial charge in [0.25, 0.3) is 0 Å². The molecule has 24 heavy (non-hydrogen) atoms. The molecule has 0 radical (unpaired) electrons. The van der Waals surface area contributed by atoms with E-state index in [4.69, 9.17) is 16.6 Å². The first kappa shape index (κ1) is 15.1. The Bertz CT molecular complexity index is 952. The fourth-order valence-electron chi connectivity index (χ4n) is 3.41. The molecule has 3 aromatic rings. The lowest BCUT2D eigenvalue weighted by atomic mass is 10.0. The number of hydrogen-bond donors (Lipinski definition) is 1. The number of rotatable bonds is 2. The number of aromatic carboxylic acids is 1. The zero-order valence-corrected chi connectivity index (χ0v) is 13.8. The molecule has 5 nitrogen and oxygen atoms in total. The molecule has 1 aliphatic heterocycles. The molecule has 0 bridgehead atoms. The van der Waals surface area contributed by atoms with Gasteiger partial charge in [0.15, 0.2) is 0 Å². The topological polar surface area (TPSA) is 66.3 Å². The number of anilines is 1. The van der Waals surface area contributed by atoms with Crippen molar-refractivity contribution in [3.05, 3.63) is 41.2 Å². The molecule has 1 saturated heterocycles. The summed E-state index contributed by atoms with van der Waals surface area (Å²) in [5, 5.41) is 12.3. The monoisotopic (exact) mass is 341 g/mol. The molecule has 3 heterocycles. The molecular formula is C18H16ClN3O2. The Balaban J connectivity index is 2.10. The van der Waals surface area contributed by atoms with Crippen molar-refractivity contribution in [2.75, 3.05) is 18.0 Å². The summed E-state index contributed by atoms with van der Waals surface area (Å²) in [6.07, 6.45) is 6.56. The van der Waals surface area contributed by atoms with E-state index in [0.717, 1.165) is 48.0 Å². The number of carboxylic acid groups (broad SMARTS) is 1. The highest BCUT2D eigenvalue weighted by Gasteiger charge is 2.20. The Morgan fingerprint density at radius 3 is 2.67 bits per heavy atom. The van der Waals surface area contributed by atoms with E-state index in [-0.39, 0.29) is 5.56 Å². The summed E-state index contributed by atoms with van der Waals surface area (Å²) in [4.78, 5) is 22.9. The lowest BCUT2D eigenvalue weighted by Gasteiger charge is -2.29. The van der Waals surface area contributed by atoms with Gasteiger partial charge in [-0.15, -0.1) is 0 Å². The first-order valence-electron chi connectivity index (χ1n) is 8.00. The van der Waals surface area contributed by atoms with E-state index < -0.39 is 5.97 Å². The molecule has 1 N–H and O–H groups in total. The molecule has 0 saturated carbocycles. The summed E-state index contributed by atoms with van der Waals surface area (Å²) >= 11 is 6.14. The van der Waals surface area contributed by atoms with Crippen molar-refractivity contribution in [3.8, 4) is 0 Å². The van der Waals surface area contributed by atoms with Crippen molar-refractivity contribution in [2.24, 2.45) is 0 Å². The number of carbonyl (C=O) groups is 1. The molecule has 6 heteroatoms. The van der Waals surface area contributed by atoms with Crippen LogP contribution in [0.2, 0.25) is 5.02 Å². The number of carboxylic acids is 1. The van der Waals surface area contributed by atoms with Crippen LogP contribution in [0.25, 0.3) is 21.7 Å². The maximum atomic E-state index is 11.7. The highest BCUT2D eigenvalue weighted by atomic mass is 35.5. The van der Waals surface area contributed by atoms with Crippen LogP contribution in [0, 0.1) is 0 Å². The van der Waals surface area contributed by atoms with E-state index in [0.29, 0.717) is 10.4 Å². The molecule has 0 unspecified atom stereocenters. The third-order valence-corrected chi connectivity index (χ3v) is 4.76. The van der Waals surface area contributed by atoms with Crippen molar-refractivity contribution < 1.29 is 9.90 Å². The molecule has 1 aliphatic rings. The van der Waals surface area contributed by atoms with Crippen molar-refractivity contribution >= 4 is 45.1 Å². The highest BCUT2D eigenvalue weighted by Crippen LogP contribution is 2.35. The molecule has 4 rings (SSSR count). The molecule has 2 aromatic heterocycles. The SMILES string of the molecule is O=C(O)c1cncc2c(N3CCCCC3)nc3ccc(Cl)cc3c12. The third-order valence-electron chi connectivity index (χ3n) is 4.53. The number of benzene rings is 1. The summed E-state index contributed by atoms with van der Waals surface area (Å²) in [6.45, 7) is 1.86. The first-order chi connectivity index (χ1) is 11.6. The van der Waals surface area contributed by atoms with E-state index >= 15 is 0 Å². The number of piperidine rings is 1. The van der Waals surface area contributed by atoms with Crippen LogP contribution >= 0.6 is 11.6 Å². The minimum Gasteiger partial charge on any atom is -0.478 e. The van der Waals surface area contributed by atoms with Gasteiger partial charge in [-0.2, -0.15) is 0 Å². The predicted molar refractivity (Wildman–Crippen MR) is 95.1 cm³/mol. The van der Waals surface area contributed by atoms with Gasteiger partial charge in [0.1, 0.15) is 5.82 Å². The zero-order chi connectivity index (χ0) is 16.7. The van der Waals surface area contributed by atoms with Crippen LogP contribution in [0.4, 0.5) is 5.82 Å². The lowest BCUT2D eigenvalue weighted by molar-refractivity contribution is 0.0698. The average molecular weight is 342 g/mol. The maximum absolute atomic E-state index is 11.7. The van der Waals surface area contributed by atoms with Gasteiger partial charge < -0.3 is 10.0 Å². The molecule has 0 atom stereocenters. The van der Waals surface area contributed by atoms with Crippen molar-refractivity contribution in [1.29, 1.82) is 0 Å². The maximum Gasteiger partial charge on any atom is 0.337 e. The molecule has 1 aromatic carbocycles. The average Bonchev–Trinajstić information content (AvgIpc) is 2.61. The Kier molecular flexibility index (Phi) is 3.73. The Morgan fingerprint density at radius 1 is 1.12 bits per heavy atom. The van der Waals surface area contributed by atoms with E-state index in [1.54, 1.807) is 18.3 Å². The standard InChI is InChI=1S/C18H16ClN3O2/c19-11-4-5-15-12(8-11)16-13(9-20-10-14(16)18(23)24)17(21-15)22-6-2-1-3-7-22/h4-5,8-10H,1-3,6-7H2,(H,23,24). The van der Waals surface area contributed by atoms with Gasteiger partial charge >= 0.3 is 5.97 Å². The van der Waals surface area contributed by atoms with E-state index in [9.17, 15) is 9.90 Å². The molecule has 1 fully saturated rings. The fourth-order valence-corrected chi connectivity index (χ4v) is 3.58. The van der Waals surface area contributed by atoms with E-state index in [2.05, 4.69) is 9.88 Å². The number of pyridine rings is 2. The molecule has 0 aliphatic carbocycles. The largest absolute Gasteiger partial charge is 0.478 e. The van der Waals surface area contributed by atoms with Crippen LogP contribution in [0.15, 0.2) is 30.6 Å². The Labute approximate surface area is 143 Å². The quantitative estimate of drug-likeness (QED) is 0.710. The van der Waals surface area contributed by atoms with Crippen LogP contribution in [0.5, 0.6) is 0 Å². The molecule has 0 spiro atoms. The predicted octanol–water partition coefficient (Wildman–Crippen LogP) is 4.12. The summed E-state index contributed by atoms with van der Waals surface area (Å²) in [5.41, 5.74) is 0.932. The van der Waals surface area contributed by atoms with Crippen molar-refractivity contribution in [2.45, 2.75) is 19.3 Å². The van der Waals surface area contributed by atoms with Crippen LogP contribution in [0.1, 0.15) is 29.6 Å². The second-order valence-corrected chi connectivity index (χ2v) is 6.50. The van der Waals surface area contributed by atoms with Crippen LogP contribution in [0.3, 0.4) is 0 Å². The van der Waals surface area contributed by atoms with Crippen LogP contribution in [-0.2, 0) is 0 Å². The van der Waals surface area contributed by atoms with E-state index in [1.165, 1.54) is 12.6 Å². The Morgan fingerprint density at radius 2 is 1.92 bits per heavy atom. The highest BCUT2D eigenvalue weighted by molar-refractivity contribution is 6.32. The smallest absolute Gasteiger partial charge is 0.337 e. The molecular weight excluding hydrogens is 326 g/mol. The van der Waals surface area contributed by atoms with Gasteiger partial charge in [0.2, 0.25) is 0 Å². The van der Waals surface area contributed by atoms with Crippen molar-refractivity contribution in [1.82, 2.24) is 9.97 Å². The van der Waals surface area contributed by atoms with Crippen molar-refractivity contribution in [3.63, 3.8) is 0 Å². The lowest BCUT2D eigenvalue weighted by Crippen LogP contribution is -2.30. The second kappa shape index (κ2) is 5.91. The second-order valence-electron chi connectivity index (χ2n) is 6.06. The molecule has 122 valence electrons. The zero-order valence-electron chi connectivity index (χ0n) is 13.0. The summed E-state index contributed by atoms with van der Waals surface area (Å²) < 4.78 is 0. The van der Waals surface area contributed by atoms with Gasteiger partial charge in [-0.1, -0.05) is 11.6 Å². The third kappa shape index (κ3) is 2.45. The number of fused-ring (bicyclic) bond motifs is 3. The summed E-state index contributed by atoms with van der Waals surface area (Å²) in [5.74, 6) is -0.180. The Hall–Kier alpha value is -2.40. The summed E-state index contributed by atoms with van der Waals surface area (Å²) in [6, 6.07) is 5.40. The van der Waals surface area contributed by atoms with Gasteiger partial charge in [-0.05, 0) is 37.5 Å². The minimum absolute atomic E-state index is 0.181. The number of halogens is 1. The van der Waals surface area contributed by atoms with Crippen LogP contribution < -0.4 is 4.90 Å². The number of nitrogens with zero attached hydrogens (tertiary/aromatic N) is 3. The van der Waals surface area contributed by atoms with Gasteiger partial charge in [0.05, 0.1) is 11.1 Å². The normalized spacial score (nSPS) is 15.1. The van der Waals surface area contributed by atoms with Gasteiger partial charge in [0, 0.05) is 46.7 Å². The van der Waals surface area contributed by atoms with E-state index in [1.807, 2.05) is 6.07 Å². The van der Waals surface area contributed by atoms with Gasteiger partial charge in [-0.25, -0.2) is 9.78 Å². The summed E-state index contributed by atoms with van der Waals surface area (Å²) in [7, 11) is 0. The fraction of sp³-hybridized carbons (Fsp3) is 0.278. The number of aromatic nitrogens is 2. The molecule has 0 amide bonds. The number of hydrogen-bond acceptors (Lipinski definition) is 4. The first-order valence-corrected chi connectivity index (χ1v) is 8.38. The minimum atomic E-state index is -0.995. The van der Waals surface area contributed by atoms with Crippen LogP contribution in [-0.4, -0.2) is 34.1 Å². The van der Waals surface area contributed by atoms with Gasteiger partial charge in [-0.3, -0.25) is 4.98 Å².